The number of ketones is 1. The molecule has 2 heterocycles. The molecule has 1 N–H and O–H groups in total. The monoisotopic (exact) mass is 548 g/mol. The molecule has 1 fully saturated rings. The Morgan fingerprint density at radius 2 is 1.87 bits per heavy atom. The molecular formula is C29H25FN2O6S. The minimum atomic E-state index is -1.34. The fourth-order valence-electron chi connectivity index (χ4n) is 4.16. The van der Waals surface area contributed by atoms with Crippen molar-refractivity contribution in [2.75, 3.05) is 18.1 Å². The van der Waals surface area contributed by atoms with Gasteiger partial charge in [-0.3, -0.25) is 14.5 Å². The van der Waals surface area contributed by atoms with Crippen molar-refractivity contribution in [2.24, 2.45) is 0 Å². The average molecular weight is 549 g/mol. The van der Waals surface area contributed by atoms with Crippen LogP contribution in [0, 0.1) is 19.7 Å². The lowest BCUT2D eigenvalue weighted by molar-refractivity contribution is -0.132. The minimum absolute atomic E-state index is 0.0168. The van der Waals surface area contributed by atoms with Crippen molar-refractivity contribution >= 4 is 39.9 Å². The summed E-state index contributed by atoms with van der Waals surface area (Å²) in [6, 6.07) is 9.05. The second-order valence-corrected chi connectivity index (χ2v) is 9.55. The second kappa shape index (κ2) is 11.4. The summed E-state index contributed by atoms with van der Waals surface area (Å²) < 4.78 is 25.8. The Bertz CT molecular complexity index is 1530. The Labute approximate surface area is 228 Å². The number of thiazole rings is 1. The number of rotatable bonds is 9. The SMILES string of the molecule is C=CCOC(=O)c1sc(N2C(=O)C(=O)C(=C(O)c3ccc(OCC=C)c(C)c3)C2c2ccccc2F)nc1C. The number of anilines is 1. The van der Waals surface area contributed by atoms with Crippen molar-refractivity contribution in [2.45, 2.75) is 19.9 Å². The Morgan fingerprint density at radius 3 is 2.54 bits per heavy atom. The highest BCUT2D eigenvalue weighted by molar-refractivity contribution is 7.17. The first-order valence-electron chi connectivity index (χ1n) is 11.8. The molecule has 0 aliphatic carbocycles. The fraction of sp³-hybridized carbons (Fsp3) is 0.172. The van der Waals surface area contributed by atoms with Crippen molar-refractivity contribution in [3.63, 3.8) is 0 Å². The summed E-state index contributed by atoms with van der Waals surface area (Å²) in [6.07, 6.45) is 3.00. The number of aliphatic hydroxyl groups is 1. The van der Waals surface area contributed by atoms with E-state index in [1.807, 2.05) is 0 Å². The van der Waals surface area contributed by atoms with Gasteiger partial charge in [0.2, 0.25) is 0 Å². The van der Waals surface area contributed by atoms with E-state index in [1.54, 1.807) is 38.1 Å². The van der Waals surface area contributed by atoms with Crippen LogP contribution in [0.4, 0.5) is 9.52 Å². The zero-order valence-electron chi connectivity index (χ0n) is 21.3. The molecule has 10 heteroatoms. The molecule has 1 atom stereocenters. The highest BCUT2D eigenvalue weighted by Crippen LogP contribution is 2.44. The Kier molecular flexibility index (Phi) is 8.06. The summed E-state index contributed by atoms with van der Waals surface area (Å²) in [5, 5.41) is 11.3. The molecule has 39 heavy (non-hydrogen) atoms. The van der Waals surface area contributed by atoms with Crippen LogP contribution in [0.15, 0.2) is 73.3 Å². The van der Waals surface area contributed by atoms with E-state index < -0.39 is 35.3 Å². The zero-order valence-corrected chi connectivity index (χ0v) is 22.1. The van der Waals surface area contributed by atoms with Crippen LogP contribution in [0.3, 0.4) is 0 Å². The summed E-state index contributed by atoms with van der Waals surface area (Å²) in [6.45, 7) is 10.7. The third-order valence-electron chi connectivity index (χ3n) is 5.96. The summed E-state index contributed by atoms with van der Waals surface area (Å²) >= 11 is 0.829. The third kappa shape index (κ3) is 5.23. The first-order chi connectivity index (χ1) is 18.7. The molecule has 3 aromatic rings. The summed E-state index contributed by atoms with van der Waals surface area (Å²) in [7, 11) is 0. The number of halogens is 1. The van der Waals surface area contributed by atoms with Crippen LogP contribution in [0.2, 0.25) is 0 Å². The molecule has 4 rings (SSSR count). The van der Waals surface area contributed by atoms with Crippen molar-refractivity contribution in [1.82, 2.24) is 4.98 Å². The first-order valence-corrected chi connectivity index (χ1v) is 12.7. The lowest BCUT2D eigenvalue weighted by Gasteiger charge is -2.23. The largest absolute Gasteiger partial charge is 0.507 e. The van der Waals surface area contributed by atoms with Gasteiger partial charge in [0, 0.05) is 11.1 Å². The van der Waals surface area contributed by atoms with E-state index in [-0.39, 0.29) is 45.6 Å². The number of hydrogen-bond donors (Lipinski definition) is 1. The number of carbonyl (C=O) groups is 3. The number of aryl methyl sites for hydroxylation is 2. The van der Waals surface area contributed by atoms with Crippen LogP contribution < -0.4 is 9.64 Å². The maximum atomic E-state index is 15.1. The molecule has 0 radical (unpaired) electrons. The summed E-state index contributed by atoms with van der Waals surface area (Å²) in [5.74, 6) is -3.35. The van der Waals surface area contributed by atoms with Crippen LogP contribution in [-0.2, 0) is 14.3 Å². The molecule has 0 saturated carbocycles. The van der Waals surface area contributed by atoms with Gasteiger partial charge in [0.25, 0.3) is 5.78 Å². The Morgan fingerprint density at radius 1 is 1.15 bits per heavy atom. The van der Waals surface area contributed by atoms with Crippen LogP contribution >= 0.6 is 11.3 Å². The van der Waals surface area contributed by atoms with E-state index in [1.165, 1.54) is 30.3 Å². The molecule has 1 saturated heterocycles. The number of esters is 1. The highest BCUT2D eigenvalue weighted by Gasteiger charge is 2.49. The van der Waals surface area contributed by atoms with Crippen molar-refractivity contribution in [1.29, 1.82) is 0 Å². The van der Waals surface area contributed by atoms with E-state index in [0.717, 1.165) is 16.2 Å². The van der Waals surface area contributed by atoms with E-state index >= 15 is 4.39 Å². The second-order valence-electron chi connectivity index (χ2n) is 8.57. The maximum absolute atomic E-state index is 15.1. The standard InChI is InChI=1S/C29H25FN2O6S/c1-5-13-37-21-12-11-18(15-16(21)3)24(33)22-23(19-9-7-8-10-20(19)30)32(27(35)25(22)34)29-31-17(4)26(39-29)28(36)38-14-6-2/h5-12,15,23,33H,1-2,13-14H2,3-4H3. The van der Waals surface area contributed by atoms with Gasteiger partial charge in [-0.15, -0.1) is 0 Å². The van der Waals surface area contributed by atoms with Gasteiger partial charge in [0.05, 0.1) is 11.3 Å². The third-order valence-corrected chi connectivity index (χ3v) is 7.10. The number of aliphatic hydroxyl groups excluding tert-OH is 1. The molecule has 1 amide bonds. The lowest BCUT2D eigenvalue weighted by atomic mass is 9.94. The molecule has 0 bridgehead atoms. The maximum Gasteiger partial charge on any atom is 0.350 e. The van der Waals surface area contributed by atoms with Gasteiger partial charge in [-0.05, 0) is 43.7 Å². The van der Waals surface area contributed by atoms with Gasteiger partial charge in [-0.1, -0.05) is 54.8 Å². The van der Waals surface area contributed by atoms with Crippen LogP contribution in [0.25, 0.3) is 5.76 Å². The summed E-state index contributed by atoms with van der Waals surface area (Å²) in [4.78, 5) is 44.7. The number of amides is 1. The predicted octanol–water partition coefficient (Wildman–Crippen LogP) is 5.43. The molecule has 1 aliphatic heterocycles. The van der Waals surface area contributed by atoms with Gasteiger partial charge in [0.1, 0.15) is 41.5 Å². The van der Waals surface area contributed by atoms with E-state index in [4.69, 9.17) is 9.47 Å². The van der Waals surface area contributed by atoms with Crippen molar-refractivity contribution in [3.8, 4) is 5.75 Å². The summed E-state index contributed by atoms with van der Waals surface area (Å²) in [5.41, 5.74) is 0.832. The highest BCUT2D eigenvalue weighted by atomic mass is 32.1. The Balaban J connectivity index is 1.87. The number of benzene rings is 2. The van der Waals surface area contributed by atoms with Gasteiger partial charge < -0.3 is 14.6 Å². The lowest BCUT2D eigenvalue weighted by Crippen LogP contribution is -2.29. The molecule has 200 valence electrons. The number of carbonyl (C=O) groups excluding carboxylic acids is 3. The number of Topliss-reactive ketones (excluding diaryl/α,β-unsaturated/α-hetero) is 1. The van der Waals surface area contributed by atoms with Crippen LogP contribution in [-0.4, -0.2) is 41.0 Å². The van der Waals surface area contributed by atoms with Gasteiger partial charge in [-0.25, -0.2) is 14.2 Å². The quantitative estimate of drug-likeness (QED) is 0.125. The zero-order chi connectivity index (χ0) is 28.3. The smallest absolute Gasteiger partial charge is 0.350 e. The van der Waals surface area contributed by atoms with Gasteiger partial charge >= 0.3 is 11.9 Å². The Hall–Kier alpha value is -4.57. The number of nitrogens with zero attached hydrogens (tertiary/aromatic N) is 2. The predicted molar refractivity (Wildman–Crippen MR) is 145 cm³/mol. The fourth-order valence-corrected chi connectivity index (χ4v) is 5.15. The van der Waals surface area contributed by atoms with E-state index in [9.17, 15) is 19.5 Å². The minimum Gasteiger partial charge on any atom is -0.507 e. The molecule has 0 spiro atoms. The molecular weight excluding hydrogens is 523 g/mol. The van der Waals surface area contributed by atoms with Crippen LogP contribution in [0.1, 0.15) is 38.1 Å². The number of ether oxygens (including phenoxy) is 2. The van der Waals surface area contributed by atoms with Crippen molar-refractivity contribution in [3.05, 3.63) is 106 Å². The normalized spacial score (nSPS) is 16.3. The van der Waals surface area contributed by atoms with E-state index in [2.05, 4.69) is 18.1 Å². The van der Waals surface area contributed by atoms with Gasteiger partial charge in [0.15, 0.2) is 5.13 Å². The van der Waals surface area contributed by atoms with Crippen molar-refractivity contribution < 1.29 is 33.4 Å². The number of hydrogen-bond acceptors (Lipinski definition) is 8. The first kappa shape index (κ1) is 27.5. The average Bonchev–Trinajstić information content (AvgIpc) is 3.42. The molecule has 8 nitrogen and oxygen atoms in total. The van der Waals surface area contributed by atoms with Gasteiger partial charge in [-0.2, -0.15) is 0 Å². The molecule has 1 aliphatic rings. The molecule has 2 aromatic carbocycles. The number of aromatic nitrogens is 1. The molecule has 1 aromatic heterocycles. The topological polar surface area (TPSA) is 106 Å². The van der Waals surface area contributed by atoms with E-state index in [0.29, 0.717) is 11.3 Å². The molecule has 1 unspecified atom stereocenters. The van der Waals surface area contributed by atoms with Crippen LogP contribution in [0.5, 0.6) is 5.75 Å².